The Morgan fingerprint density at radius 1 is 0.930 bits per heavy atom. The van der Waals surface area contributed by atoms with Crippen molar-refractivity contribution in [1.29, 1.82) is 0 Å². The van der Waals surface area contributed by atoms with Crippen LogP contribution in [0.25, 0.3) is 0 Å². The Bertz CT molecular complexity index is 1450. The number of nitrogens with one attached hydrogen (secondary N) is 1. The highest BCUT2D eigenvalue weighted by atomic mass is 19.1. The summed E-state index contributed by atoms with van der Waals surface area (Å²) in [6, 6.07) is 19.9. The highest BCUT2D eigenvalue weighted by Crippen LogP contribution is 2.30. The van der Waals surface area contributed by atoms with E-state index in [2.05, 4.69) is 5.32 Å². The van der Waals surface area contributed by atoms with Crippen LogP contribution in [0.2, 0.25) is 0 Å². The number of urea groups is 1. The molecule has 0 bridgehead atoms. The molecule has 5 rings (SSSR count). The van der Waals surface area contributed by atoms with Gasteiger partial charge in [-0.2, -0.15) is 0 Å². The van der Waals surface area contributed by atoms with Crippen LogP contribution in [0, 0.1) is 5.82 Å². The van der Waals surface area contributed by atoms with Crippen molar-refractivity contribution in [3.05, 3.63) is 95.3 Å². The molecule has 0 radical (unpaired) electrons. The van der Waals surface area contributed by atoms with E-state index in [9.17, 15) is 18.8 Å². The first-order valence-corrected chi connectivity index (χ1v) is 14.2. The number of benzene rings is 3. The number of halogens is 1. The van der Waals surface area contributed by atoms with Gasteiger partial charge in [0.2, 0.25) is 11.8 Å². The standard InChI is InChI=1S/C32H36FN5O5/c1-35-21-30(39)37-26(17-22-7-5-4-6-8-22)31(40)36(16-15-23-11-14-27(42-2)28(18-23)43-3)20-29(37)38(35)32(41)34-19-24-9-12-25(33)13-10-24/h4-14,18,26,29H,15-17,19-21H2,1-3H3,(H,34,41)/t26-,29-/m0/s1. The molecule has 0 unspecified atom stereocenters. The minimum atomic E-state index is -0.778. The normalized spacial score (nSPS) is 18.8. The second kappa shape index (κ2) is 13.1. The van der Waals surface area contributed by atoms with Gasteiger partial charge in [-0.25, -0.2) is 19.2 Å². The largest absolute Gasteiger partial charge is 0.493 e. The van der Waals surface area contributed by atoms with Crippen molar-refractivity contribution in [3.63, 3.8) is 0 Å². The average Bonchev–Trinajstić information content (AvgIpc) is 3.01. The predicted octanol–water partition coefficient (Wildman–Crippen LogP) is 3.07. The molecule has 0 saturated carbocycles. The number of likely N-dealkylation sites (N-methyl/N-ethyl adjacent to an activating group) is 1. The fourth-order valence-corrected chi connectivity index (χ4v) is 5.70. The van der Waals surface area contributed by atoms with Gasteiger partial charge in [0.15, 0.2) is 11.5 Å². The molecule has 2 atom stereocenters. The number of methoxy groups -OCH3 is 2. The first kappa shape index (κ1) is 29.8. The summed E-state index contributed by atoms with van der Waals surface area (Å²) in [5.41, 5.74) is 2.61. The molecule has 3 aromatic carbocycles. The maximum atomic E-state index is 14.0. The Morgan fingerprint density at radius 3 is 2.33 bits per heavy atom. The van der Waals surface area contributed by atoms with Gasteiger partial charge in [-0.3, -0.25) is 9.59 Å². The molecule has 1 N–H and O–H groups in total. The first-order valence-electron chi connectivity index (χ1n) is 14.2. The van der Waals surface area contributed by atoms with Gasteiger partial charge in [-0.1, -0.05) is 48.5 Å². The van der Waals surface area contributed by atoms with E-state index in [4.69, 9.17) is 9.47 Å². The Labute approximate surface area is 250 Å². The summed E-state index contributed by atoms with van der Waals surface area (Å²) in [7, 11) is 4.83. The minimum absolute atomic E-state index is 0.0509. The molecule has 0 spiro atoms. The lowest BCUT2D eigenvalue weighted by Crippen LogP contribution is -2.76. The second-order valence-electron chi connectivity index (χ2n) is 10.7. The van der Waals surface area contributed by atoms with Gasteiger partial charge in [-0.15, -0.1) is 0 Å². The van der Waals surface area contributed by atoms with Crippen LogP contribution in [0.3, 0.4) is 0 Å². The molecule has 11 heteroatoms. The van der Waals surface area contributed by atoms with E-state index in [0.717, 1.165) is 16.7 Å². The van der Waals surface area contributed by atoms with Crippen LogP contribution in [0.1, 0.15) is 16.7 Å². The fourth-order valence-electron chi connectivity index (χ4n) is 5.70. The van der Waals surface area contributed by atoms with Crippen molar-refractivity contribution in [2.24, 2.45) is 0 Å². The third-order valence-corrected chi connectivity index (χ3v) is 7.89. The number of fused-ring (bicyclic) bond motifs is 1. The quantitative estimate of drug-likeness (QED) is 0.413. The van der Waals surface area contributed by atoms with Crippen molar-refractivity contribution in [2.45, 2.75) is 31.6 Å². The third kappa shape index (κ3) is 6.56. The Morgan fingerprint density at radius 2 is 1.63 bits per heavy atom. The summed E-state index contributed by atoms with van der Waals surface area (Å²) < 4.78 is 24.2. The Balaban J connectivity index is 1.41. The maximum Gasteiger partial charge on any atom is 0.334 e. The minimum Gasteiger partial charge on any atom is -0.493 e. The second-order valence-corrected chi connectivity index (χ2v) is 10.7. The van der Waals surface area contributed by atoms with Crippen molar-refractivity contribution in [2.75, 3.05) is 40.9 Å². The van der Waals surface area contributed by atoms with Gasteiger partial charge in [0, 0.05) is 26.6 Å². The monoisotopic (exact) mass is 589 g/mol. The number of hydrogen-bond acceptors (Lipinski definition) is 6. The highest BCUT2D eigenvalue weighted by Gasteiger charge is 2.50. The number of amides is 4. The van der Waals surface area contributed by atoms with Gasteiger partial charge in [-0.05, 0) is 47.4 Å². The molecule has 43 heavy (non-hydrogen) atoms. The van der Waals surface area contributed by atoms with Crippen molar-refractivity contribution < 1.29 is 28.2 Å². The van der Waals surface area contributed by atoms with Crippen LogP contribution in [0.15, 0.2) is 72.8 Å². The van der Waals surface area contributed by atoms with Crippen LogP contribution in [0.4, 0.5) is 9.18 Å². The number of hydrogen-bond donors (Lipinski definition) is 1. The zero-order chi connectivity index (χ0) is 30.5. The van der Waals surface area contributed by atoms with Gasteiger partial charge in [0.05, 0.1) is 27.3 Å². The van der Waals surface area contributed by atoms with E-state index in [-0.39, 0.29) is 37.3 Å². The molecule has 2 fully saturated rings. The number of carbonyl (C=O) groups excluding carboxylic acids is 3. The summed E-state index contributed by atoms with van der Waals surface area (Å²) in [6.45, 7) is 0.661. The van der Waals surface area contributed by atoms with Crippen molar-refractivity contribution >= 4 is 17.8 Å². The lowest BCUT2D eigenvalue weighted by molar-refractivity contribution is -0.186. The molecule has 0 aliphatic carbocycles. The van der Waals surface area contributed by atoms with E-state index in [1.807, 2.05) is 48.5 Å². The lowest BCUT2D eigenvalue weighted by Gasteiger charge is -2.54. The van der Waals surface area contributed by atoms with Gasteiger partial charge in [0.25, 0.3) is 0 Å². The highest BCUT2D eigenvalue weighted by molar-refractivity contribution is 5.91. The maximum absolute atomic E-state index is 14.0. The zero-order valence-corrected chi connectivity index (χ0v) is 24.5. The van der Waals surface area contributed by atoms with Gasteiger partial charge in [0.1, 0.15) is 18.0 Å². The molecule has 4 amide bonds. The SMILES string of the molecule is COc1ccc(CCN2C[C@H]3N(C(=O)CN(C)N3C(=O)NCc3ccc(F)cc3)[C@@H](Cc3ccccc3)C2=O)cc1OC. The predicted molar refractivity (Wildman–Crippen MR) is 158 cm³/mol. The van der Waals surface area contributed by atoms with Gasteiger partial charge >= 0.3 is 6.03 Å². The van der Waals surface area contributed by atoms with Crippen molar-refractivity contribution in [3.8, 4) is 11.5 Å². The smallest absolute Gasteiger partial charge is 0.334 e. The molecule has 2 heterocycles. The van der Waals surface area contributed by atoms with Crippen LogP contribution >= 0.6 is 0 Å². The number of hydrazine groups is 1. The fraction of sp³-hybridized carbons (Fsp3) is 0.344. The molecule has 2 saturated heterocycles. The summed E-state index contributed by atoms with van der Waals surface area (Å²) in [5.74, 6) is 0.477. The topological polar surface area (TPSA) is 94.7 Å². The molecule has 10 nitrogen and oxygen atoms in total. The molecule has 226 valence electrons. The molecule has 2 aliphatic rings. The van der Waals surface area contributed by atoms with E-state index in [1.165, 1.54) is 17.1 Å². The summed E-state index contributed by atoms with van der Waals surface area (Å²) in [6.07, 6.45) is 0.150. The van der Waals surface area contributed by atoms with Crippen LogP contribution < -0.4 is 14.8 Å². The van der Waals surface area contributed by atoms with Crippen molar-refractivity contribution in [1.82, 2.24) is 25.1 Å². The number of ether oxygens (including phenoxy) is 2. The lowest BCUT2D eigenvalue weighted by atomic mass is 9.98. The Kier molecular flexibility index (Phi) is 9.10. The average molecular weight is 590 g/mol. The van der Waals surface area contributed by atoms with E-state index >= 15 is 0 Å². The third-order valence-electron chi connectivity index (χ3n) is 7.89. The number of nitrogens with zero attached hydrogens (tertiary/aromatic N) is 4. The Hall–Kier alpha value is -4.64. The molecule has 0 aromatic heterocycles. The van der Waals surface area contributed by atoms with Crippen LogP contribution in [-0.4, -0.2) is 90.8 Å². The summed E-state index contributed by atoms with van der Waals surface area (Å²) in [5, 5.41) is 6.00. The number of piperazine rings is 1. The first-order chi connectivity index (χ1) is 20.8. The number of carbonyl (C=O) groups is 3. The summed E-state index contributed by atoms with van der Waals surface area (Å²) >= 11 is 0. The molecular formula is C32H36FN5O5. The molecular weight excluding hydrogens is 553 g/mol. The van der Waals surface area contributed by atoms with Gasteiger partial charge < -0.3 is 24.6 Å². The molecule has 2 aliphatic heterocycles. The number of rotatable bonds is 9. The van der Waals surface area contributed by atoms with Crippen LogP contribution in [0.5, 0.6) is 11.5 Å². The van der Waals surface area contributed by atoms with E-state index in [1.54, 1.807) is 48.2 Å². The summed E-state index contributed by atoms with van der Waals surface area (Å²) in [4.78, 5) is 44.4. The van der Waals surface area contributed by atoms with Crippen LogP contribution in [-0.2, 0) is 29.0 Å². The zero-order valence-electron chi connectivity index (χ0n) is 24.5. The van der Waals surface area contributed by atoms with E-state index < -0.39 is 18.2 Å². The molecule has 3 aromatic rings. The van der Waals surface area contributed by atoms with E-state index in [0.29, 0.717) is 30.9 Å².